The van der Waals surface area contributed by atoms with Crippen molar-refractivity contribution in [2.24, 2.45) is 0 Å². The highest BCUT2D eigenvalue weighted by Crippen LogP contribution is 2.31. The van der Waals surface area contributed by atoms with Gasteiger partial charge in [0.05, 0.1) is 5.39 Å². The number of aromatic hydroxyl groups is 1. The Balaban J connectivity index is 2.42. The summed E-state index contributed by atoms with van der Waals surface area (Å²) >= 11 is 0. The molecule has 1 aromatic heterocycles. The molecule has 0 aliphatic carbocycles. The van der Waals surface area contributed by atoms with Crippen molar-refractivity contribution in [1.82, 2.24) is 0 Å². The third kappa shape index (κ3) is 2.25. The Hall–Kier alpha value is -2.75. The molecule has 1 N–H and O–H groups in total. The predicted octanol–water partition coefficient (Wildman–Crippen LogP) is 3.23. The van der Waals surface area contributed by atoms with E-state index >= 15 is 0 Å². The number of anilines is 1. The van der Waals surface area contributed by atoms with E-state index in [2.05, 4.69) is 0 Å². The number of phenols is 1. The van der Waals surface area contributed by atoms with Crippen LogP contribution in [-0.4, -0.2) is 19.2 Å². The molecule has 0 atom stereocenters. The van der Waals surface area contributed by atoms with Gasteiger partial charge in [-0.1, -0.05) is 30.3 Å². The van der Waals surface area contributed by atoms with Crippen molar-refractivity contribution in [2.45, 2.75) is 0 Å². The van der Waals surface area contributed by atoms with Crippen molar-refractivity contribution >= 4 is 16.7 Å². The number of nitrogens with zero attached hydrogens (tertiary/aromatic N) is 1. The zero-order valence-electron chi connectivity index (χ0n) is 11.8. The Kier molecular flexibility index (Phi) is 3.14. The number of rotatable bonds is 2. The first-order chi connectivity index (χ1) is 10.1. The molecule has 1 heterocycles. The molecule has 0 aliphatic heterocycles. The second kappa shape index (κ2) is 4.98. The smallest absolute Gasteiger partial charge is 0.216 e. The molecule has 0 fully saturated rings. The molecular formula is C17H15NO3. The summed E-state index contributed by atoms with van der Waals surface area (Å²) in [6.45, 7) is 0. The van der Waals surface area contributed by atoms with Crippen LogP contribution in [0.3, 0.4) is 0 Å². The zero-order valence-corrected chi connectivity index (χ0v) is 11.8. The van der Waals surface area contributed by atoms with Crippen molar-refractivity contribution in [1.29, 1.82) is 0 Å². The minimum atomic E-state index is -0.111. The van der Waals surface area contributed by atoms with Gasteiger partial charge in [0.2, 0.25) is 5.43 Å². The van der Waals surface area contributed by atoms with Crippen molar-refractivity contribution in [3.63, 3.8) is 0 Å². The van der Waals surface area contributed by atoms with Gasteiger partial charge in [0.1, 0.15) is 17.0 Å². The monoisotopic (exact) mass is 281 g/mol. The van der Waals surface area contributed by atoms with Crippen LogP contribution < -0.4 is 10.3 Å². The van der Waals surface area contributed by atoms with Crippen LogP contribution >= 0.6 is 0 Å². The molecule has 0 spiro atoms. The predicted molar refractivity (Wildman–Crippen MR) is 83.9 cm³/mol. The van der Waals surface area contributed by atoms with Crippen LogP contribution in [0, 0.1) is 0 Å². The van der Waals surface area contributed by atoms with E-state index in [9.17, 15) is 9.90 Å². The van der Waals surface area contributed by atoms with Crippen LogP contribution in [0.1, 0.15) is 0 Å². The molecule has 0 amide bonds. The lowest BCUT2D eigenvalue weighted by atomic mass is 10.1. The van der Waals surface area contributed by atoms with Crippen LogP contribution in [0.25, 0.3) is 22.3 Å². The Morgan fingerprint density at radius 2 is 1.76 bits per heavy atom. The van der Waals surface area contributed by atoms with Crippen LogP contribution in [0.2, 0.25) is 0 Å². The standard InChI is InChI=1S/C17H15NO3/c1-18(2)15-16(20)13-9-8-12(19)10-14(13)21-17(15)11-6-4-3-5-7-11/h3-10,19H,1-2H3. The fourth-order valence-electron chi connectivity index (χ4n) is 2.36. The third-order valence-corrected chi connectivity index (χ3v) is 3.34. The maximum absolute atomic E-state index is 12.7. The van der Waals surface area contributed by atoms with E-state index in [0.717, 1.165) is 5.56 Å². The van der Waals surface area contributed by atoms with E-state index in [1.54, 1.807) is 11.0 Å². The van der Waals surface area contributed by atoms with Crippen LogP contribution in [0.4, 0.5) is 5.69 Å². The number of benzene rings is 2. The summed E-state index contributed by atoms with van der Waals surface area (Å²) in [6.07, 6.45) is 0. The Bertz CT molecular complexity index is 851. The van der Waals surface area contributed by atoms with Gasteiger partial charge in [0.25, 0.3) is 0 Å². The van der Waals surface area contributed by atoms with E-state index in [4.69, 9.17) is 4.42 Å². The summed E-state index contributed by atoms with van der Waals surface area (Å²) in [7, 11) is 3.62. The molecular weight excluding hydrogens is 266 g/mol. The SMILES string of the molecule is CN(C)c1c(-c2ccccc2)oc2cc(O)ccc2c1=O. The van der Waals surface area contributed by atoms with Crippen molar-refractivity contribution in [2.75, 3.05) is 19.0 Å². The van der Waals surface area contributed by atoms with Gasteiger partial charge in [-0.25, -0.2) is 0 Å². The van der Waals surface area contributed by atoms with Crippen LogP contribution in [0.5, 0.6) is 5.75 Å². The van der Waals surface area contributed by atoms with Crippen molar-refractivity contribution in [3.05, 3.63) is 58.8 Å². The van der Waals surface area contributed by atoms with Crippen LogP contribution in [0.15, 0.2) is 57.7 Å². The highest BCUT2D eigenvalue weighted by Gasteiger charge is 2.17. The Morgan fingerprint density at radius 3 is 2.43 bits per heavy atom. The van der Waals surface area contributed by atoms with E-state index < -0.39 is 0 Å². The topological polar surface area (TPSA) is 53.7 Å². The molecule has 0 bridgehead atoms. The van der Waals surface area contributed by atoms with Gasteiger partial charge in [-0.05, 0) is 12.1 Å². The summed E-state index contributed by atoms with van der Waals surface area (Å²) in [4.78, 5) is 14.4. The summed E-state index contributed by atoms with van der Waals surface area (Å²) in [5.74, 6) is 0.575. The lowest BCUT2D eigenvalue weighted by Crippen LogP contribution is -2.20. The summed E-state index contributed by atoms with van der Waals surface area (Å²) in [5, 5.41) is 10.0. The average molecular weight is 281 g/mol. The number of fused-ring (bicyclic) bond motifs is 1. The van der Waals surface area contributed by atoms with E-state index in [1.807, 2.05) is 44.4 Å². The molecule has 0 unspecified atom stereocenters. The second-order valence-electron chi connectivity index (χ2n) is 5.05. The van der Waals surface area contributed by atoms with E-state index in [-0.39, 0.29) is 11.2 Å². The molecule has 21 heavy (non-hydrogen) atoms. The zero-order chi connectivity index (χ0) is 15.0. The lowest BCUT2D eigenvalue weighted by molar-refractivity contribution is 0.474. The fraction of sp³-hybridized carbons (Fsp3) is 0.118. The lowest BCUT2D eigenvalue weighted by Gasteiger charge is -2.16. The summed E-state index contributed by atoms with van der Waals surface area (Å²) in [5.41, 5.74) is 1.59. The fourth-order valence-corrected chi connectivity index (χ4v) is 2.36. The third-order valence-electron chi connectivity index (χ3n) is 3.34. The summed E-state index contributed by atoms with van der Waals surface area (Å²) in [6, 6.07) is 14.0. The van der Waals surface area contributed by atoms with Gasteiger partial charge in [0.15, 0.2) is 5.76 Å². The molecule has 0 radical (unpaired) electrons. The highest BCUT2D eigenvalue weighted by molar-refractivity contribution is 5.87. The van der Waals surface area contributed by atoms with Gasteiger partial charge in [-0.2, -0.15) is 0 Å². The molecule has 4 heteroatoms. The quantitative estimate of drug-likeness (QED) is 0.783. The van der Waals surface area contributed by atoms with Gasteiger partial charge in [-0.15, -0.1) is 0 Å². The van der Waals surface area contributed by atoms with Gasteiger partial charge < -0.3 is 14.4 Å². The maximum Gasteiger partial charge on any atom is 0.216 e. The molecule has 3 rings (SSSR count). The molecule has 3 aromatic rings. The number of hydrogen-bond donors (Lipinski definition) is 1. The normalized spacial score (nSPS) is 10.8. The minimum absolute atomic E-state index is 0.0715. The first kappa shape index (κ1) is 13.2. The minimum Gasteiger partial charge on any atom is -0.508 e. The maximum atomic E-state index is 12.7. The molecule has 0 saturated carbocycles. The number of phenolic OH excluding ortho intramolecular Hbond substituents is 1. The summed E-state index contributed by atoms with van der Waals surface area (Å²) < 4.78 is 5.90. The largest absolute Gasteiger partial charge is 0.508 e. The van der Waals surface area contributed by atoms with Gasteiger partial charge in [0, 0.05) is 25.7 Å². The first-order valence-electron chi connectivity index (χ1n) is 6.60. The van der Waals surface area contributed by atoms with Gasteiger partial charge >= 0.3 is 0 Å². The van der Waals surface area contributed by atoms with Gasteiger partial charge in [-0.3, -0.25) is 4.79 Å². The second-order valence-corrected chi connectivity index (χ2v) is 5.05. The molecule has 2 aromatic carbocycles. The molecule has 4 nitrogen and oxygen atoms in total. The van der Waals surface area contributed by atoms with Crippen molar-refractivity contribution in [3.8, 4) is 17.1 Å². The van der Waals surface area contributed by atoms with Crippen molar-refractivity contribution < 1.29 is 9.52 Å². The average Bonchev–Trinajstić information content (AvgIpc) is 2.47. The highest BCUT2D eigenvalue weighted by atomic mass is 16.3. The number of hydrogen-bond acceptors (Lipinski definition) is 4. The molecule has 106 valence electrons. The molecule has 0 saturated heterocycles. The van der Waals surface area contributed by atoms with E-state index in [1.165, 1.54) is 12.1 Å². The van der Waals surface area contributed by atoms with Crippen LogP contribution in [-0.2, 0) is 0 Å². The molecule has 0 aliphatic rings. The Labute approximate surface area is 121 Å². The Morgan fingerprint density at radius 1 is 1.05 bits per heavy atom. The van der Waals surface area contributed by atoms with E-state index in [0.29, 0.717) is 22.4 Å². The first-order valence-corrected chi connectivity index (χ1v) is 6.60.